The Hall–Kier alpha value is -3.93. The number of carbonyl (C=O) groups is 1. The molecule has 0 radical (unpaired) electrons. The van der Waals surface area contributed by atoms with Crippen LogP contribution in [0, 0.1) is 0 Å². The van der Waals surface area contributed by atoms with Crippen molar-refractivity contribution in [3.05, 3.63) is 72.7 Å². The maximum Gasteiger partial charge on any atom is 0.248 e. The van der Waals surface area contributed by atoms with Crippen molar-refractivity contribution < 1.29 is 9.21 Å². The van der Waals surface area contributed by atoms with Gasteiger partial charge in [0.15, 0.2) is 5.58 Å². The molecule has 5 rings (SSSR count). The van der Waals surface area contributed by atoms with Crippen molar-refractivity contribution in [2.75, 3.05) is 0 Å². The van der Waals surface area contributed by atoms with Gasteiger partial charge in [0, 0.05) is 29.0 Å². The lowest BCUT2D eigenvalue weighted by Crippen LogP contribution is -2.10. The van der Waals surface area contributed by atoms with E-state index in [1.807, 2.05) is 36.4 Å². The van der Waals surface area contributed by atoms with Crippen LogP contribution in [-0.4, -0.2) is 20.9 Å². The molecule has 0 aliphatic heterocycles. The van der Waals surface area contributed by atoms with E-state index in [0.717, 1.165) is 33.2 Å². The summed E-state index contributed by atoms with van der Waals surface area (Å²) in [5.41, 5.74) is 11.8. The molecule has 2 aromatic carbocycles. The molecule has 6 nitrogen and oxygen atoms in total. The second-order valence-corrected chi connectivity index (χ2v) is 6.26. The molecule has 0 aliphatic rings. The minimum atomic E-state index is -0.463. The molecular weight excluding hydrogens is 340 g/mol. The SMILES string of the molecule is NC(=O)c1cccc(-c2ccnc3cc(-c4ccc5nc[nH]c5c4)oc23)c1. The fraction of sp³-hybridized carbons (Fsp3) is 0. The first-order chi connectivity index (χ1) is 13.2. The summed E-state index contributed by atoms with van der Waals surface area (Å²) in [6, 6.07) is 16.9. The third kappa shape index (κ3) is 2.55. The molecule has 0 atom stereocenters. The van der Waals surface area contributed by atoms with Crippen LogP contribution < -0.4 is 5.73 Å². The van der Waals surface area contributed by atoms with Gasteiger partial charge in [-0.3, -0.25) is 9.78 Å². The van der Waals surface area contributed by atoms with E-state index in [9.17, 15) is 4.79 Å². The van der Waals surface area contributed by atoms with Crippen molar-refractivity contribution in [1.82, 2.24) is 15.0 Å². The number of nitrogens with two attached hydrogens (primary N) is 1. The number of imidazole rings is 1. The van der Waals surface area contributed by atoms with Crippen LogP contribution in [-0.2, 0) is 0 Å². The fourth-order valence-corrected chi connectivity index (χ4v) is 3.24. The van der Waals surface area contributed by atoms with Gasteiger partial charge in [-0.15, -0.1) is 0 Å². The van der Waals surface area contributed by atoms with Crippen molar-refractivity contribution in [2.24, 2.45) is 5.73 Å². The number of aromatic nitrogens is 3. The van der Waals surface area contributed by atoms with Gasteiger partial charge in [0.1, 0.15) is 11.3 Å². The number of hydrogen-bond donors (Lipinski definition) is 2. The summed E-state index contributed by atoms with van der Waals surface area (Å²) in [6.45, 7) is 0. The van der Waals surface area contributed by atoms with E-state index in [4.69, 9.17) is 10.2 Å². The molecule has 5 aromatic rings. The highest BCUT2D eigenvalue weighted by atomic mass is 16.3. The summed E-state index contributed by atoms with van der Waals surface area (Å²) in [5.74, 6) is 0.252. The van der Waals surface area contributed by atoms with Crippen LogP contribution in [0.5, 0.6) is 0 Å². The number of amides is 1. The molecule has 27 heavy (non-hydrogen) atoms. The number of furan rings is 1. The Labute approximate surface area is 153 Å². The van der Waals surface area contributed by atoms with Gasteiger partial charge in [-0.25, -0.2) is 4.98 Å². The zero-order chi connectivity index (χ0) is 18.4. The first-order valence-electron chi connectivity index (χ1n) is 8.41. The number of fused-ring (bicyclic) bond motifs is 2. The van der Waals surface area contributed by atoms with Crippen molar-refractivity contribution in [3.63, 3.8) is 0 Å². The van der Waals surface area contributed by atoms with Crippen molar-refractivity contribution in [2.45, 2.75) is 0 Å². The Morgan fingerprint density at radius 3 is 2.78 bits per heavy atom. The standard InChI is InChI=1S/C21H14N4O2/c22-21(26)14-3-1-2-12(8-14)15-6-7-23-18-10-19(27-20(15)18)13-4-5-16-17(9-13)25-11-24-16/h1-11H,(H2,22,26)(H,24,25). The summed E-state index contributed by atoms with van der Waals surface area (Å²) in [5, 5.41) is 0. The number of nitrogens with zero attached hydrogens (tertiary/aromatic N) is 2. The number of nitrogens with one attached hydrogen (secondary N) is 1. The Bertz CT molecular complexity index is 1320. The van der Waals surface area contributed by atoms with Crippen LogP contribution >= 0.6 is 0 Å². The van der Waals surface area contributed by atoms with Gasteiger partial charge in [0.05, 0.1) is 17.4 Å². The maximum absolute atomic E-state index is 11.5. The summed E-state index contributed by atoms with van der Waals surface area (Å²) >= 11 is 0. The lowest BCUT2D eigenvalue weighted by atomic mass is 10.0. The number of hydrogen-bond acceptors (Lipinski definition) is 4. The zero-order valence-corrected chi connectivity index (χ0v) is 14.1. The number of carbonyl (C=O) groups excluding carboxylic acids is 1. The van der Waals surface area contributed by atoms with Crippen LogP contribution in [0.25, 0.3) is 44.6 Å². The highest BCUT2D eigenvalue weighted by Gasteiger charge is 2.14. The van der Waals surface area contributed by atoms with Crippen LogP contribution in [0.4, 0.5) is 0 Å². The third-order valence-corrected chi connectivity index (χ3v) is 4.57. The molecular formula is C21H14N4O2. The highest BCUT2D eigenvalue weighted by molar-refractivity contribution is 5.97. The Morgan fingerprint density at radius 1 is 0.963 bits per heavy atom. The van der Waals surface area contributed by atoms with Gasteiger partial charge in [0.2, 0.25) is 5.91 Å². The third-order valence-electron chi connectivity index (χ3n) is 4.57. The smallest absolute Gasteiger partial charge is 0.248 e. The van der Waals surface area contributed by atoms with Gasteiger partial charge < -0.3 is 15.1 Å². The van der Waals surface area contributed by atoms with Crippen molar-refractivity contribution >= 4 is 28.0 Å². The van der Waals surface area contributed by atoms with E-state index in [2.05, 4.69) is 15.0 Å². The Kier molecular flexibility index (Phi) is 3.30. The van der Waals surface area contributed by atoms with Crippen LogP contribution in [0.2, 0.25) is 0 Å². The number of primary amides is 1. The molecule has 0 spiro atoms. The predicted molar refractivity (Wildman–Crippen MR) is 103 cm³/mol. The topological polar surface area (TPSA) is 97.8 Å². The Balaban J connectivity index is 1.67. The monoisotopic (exact) mass is 354 g/mol. The second-order valence-electron chi connectivity index (χ2n) is 6.26. The Morgan fingerprint density at radius 2 is 1.89 bits per heavy atom. The van der Waals surface area contributed by atoms with E-state index in [-0.39, 0.29) is 0 Å². The molecule has 6 heteroatoms. The van der Waals surface area contributed by atoms with E-state index in [1.165, 1.54) is 0 Å². The molecule has 130 valence electrons. The lowest BCUT2D eigenvalue weighted by Gasteiger charge is -2.04. The lowest BCUT2D eigenvalue weighted by molar-refractivity contribution is 0.100. The summed E-state index contributed by atoms with van der Waals surface area (Å²) in [7, 11) is 0. The predicted octanol–water partition coefficient (Wildman–Crippen LogP) is 4.14. The quantitative estimate of drug-likeness (QED) is 0.509. The average Bonchev–Trinajstić information content (AvgIpc) is 3.33. The number of benzene rings is 2. The number of aromatic amines is 1. The van der Waals surface area contributed by atoms with Gasteiger partial charge >= 0.3 is 0 Å². The first kappa shape index (κ1) is 15.3. The van der Waals surface area contributed by atoms with Gasteiger partial charge in [-0.1, -0.05) is 12.1 Å². The molecule has 0 bridgehead atoms. The van der Waals surface area contributed by atoms with E-state index in [0.29, 0.717) is 16.9 Å². The highest BCUT2D eigenvalue weighted by Crippen LogP contribution is 2.34. The average molecular weight is 354 g/mol. The van der Waals surface area contributed by atoms with E-state index in [1.54, 1.807) is 30.7 Å². The van der Waals surface area contributed by atoms with Gasteiger partial charge in [-0.2, -0.15) is 0 Å². The van der Waals surface area contributed by atoms with Crippen LogP contribution in [0.1, 0.15) is 10.4 Å². The maximum atomic E-state index is 11.5. The minimum absolute atomic E-state index is 0.453. The molecule has 0 fully saturated rings. The zero-order valence-electron chi connectivity index (χ0n) is 14.1. The number of pyridine rings is 1. The fourth-order valence-electron chi connectivity index (χ4n) is 3.24. The van der Waals surface area contributed by atoms with Crippen molar-refractivity contribution in [1.29, 1.82) is 0 Å². The van der Waals surface area contributed by atoms with Gasteiger partial charge in [0.25, 0.3) is 0 Å². The molecule has 0 saturated carbocycles. The molecule has 3 heterocycles. The second kappa shape index (κ2) is 5.81. The van der Waals surface area contributed by atoms with E-state index >= 15 is 0 Å². The van der Waals surface area contributed by atoms with E-state index < -0.39 is 5.91 Å². The van der Waals surface area contributed by atoms with Crippen LogP contribution in [0.3, 0.4) is 0 Å². The number of H-pyrrole nitrogens is 1. The summed E-state index contributed by atoms with van der Waals surface area (Å²) < 4.78 is 6.15. The first-order valence-corrected chi connectivity index (χ1v) is 8.41. The molecule has 0 aliphatic carbocycles. The molecule has 1 amide bonds. The van der Waals surface area contributed by atoms with Crippen molar-refractivity contribution in [3.8, 4) is 22.5 Å². The minimum Gasteiger partial charge on any atom is -0.454 e. The molecule has 3 aromatic heterocycles. The molecule has 0 saturated heterocycles. The number of rotatable bonds is 3. The van der Waals surface area contributed by atoms with Crippen LogP contribution in [0.15, 0.2) is 71.5 Å². The largest absolute Gasteiger partial charge is 0.454 e. The molecule has 3 N–H and O–H groups in total. The normalized spacial score (nSPS) is 11.3. The molecule has 0 unspecified atom stereocenters. The summed E-state index contributed by atoms with van der Waals surface area (Å²) in [6.07, 6.45) is 3.39. The van der Waals surface area contributed by atoms with Gasteiger partial charge in [-0.05, 0) is 42.0 Å². The summed E-state index contributed by atoms with van der Waals surface area (Å²) in [4.78, 5) is 23.3.